The predicted octanol–water partition coefficient (Wildman–Crippen LogP) is 4.31. The second-order valence-corrected chi connectivity index (χ2v) is 5.69. The summed E-state index contributed by atoms with van der Waals surface area (Å²) < 4.78 is 13.2. The number of nitrogens with zero attached hydrogens (tertiary/aromatic N) is 2. The van der Waals surface area contributed by atoms with Gasteiger partial charge in [-0.05, 0) is 42.8 Å². The van der Waals surface area contributed by atoms with Crippen LogP contribution in [0.25, 0.3) is 11.0 Å². The van der Waals surface area contributed by atoms with Gasteiger partial charge in [0, 0.05) is 18.7 Å². The molecule has 4 nitrogen and oxygen atoms in total. The Balaban J connectivity index is 1.64. The van der Waals surface area contributed by atoms with E-state index in [2.05, 4.69) is 15.6 Å². The second kappa shape index (κ2) is 7.49. The van der Waals surface area contributed by atoms with Crippen LogP contribution in [0.1, 0.15) is 12.2 Å². The van der Waals surface area contributed by atoms with E-state index in [-0.39, 0.29) is 0 Å². The summed E-state index contributed by atoms with van der Waals surface area (Å²) in [6.07, 6.45) is 0.889. The molecule has 0 fully saturated rings. The quantitative estimate of drug-likeness (QED) is 0.606. The molecule has 5 heteroatoms. The monoisotopic (exact) mass is 330 g/mol. The fourth-order valence-electron chi connectivity index (χ4n) is 2.56. The number of methoxy groups -OCH3 is 1. The fourth-order valence-corrected chi connectivity index (χ4v) is 2.68. The van der Waals surface area contributed by atoms with Gasteiger partial charge in [0.25, 0.3) is 0 Å². The van der Waals surface area contributed by atoms with E-state index < -0.39 is 0 Å². The minimum atomic E-state index is 0.507. The highest BCUT2D eigenvalue weighted by Crippen LogP contribution is 2.18. The molecule has 0 aliphatic rings. The summed E-state index contributed by atoms with van der Waals surface area (Å²) >= 11 is 5.87. The van der Waals surface area contributed by atoms with Crippen LogP contribution in [-0.4, -0.2) is 23.3 Å². The molecule has 1 aromatic heterocycles. The van der Waals surface area contributed by atoms with Gasteiger partial charge in [0.15, 0.2) is 0 Å². The molecular weight excluding hydrogens is 312 g/mol. The molecule has 0 N–H and O–H groups in total. The van der Waals surface area contributed by atoms with Crippen molar-refractivity contribution in [3.8, 4) is 5.75 Å². The zero-order valence-corrected chi connectivity index (χ0v) is 13.8. The van der Waals surface area contributed by atoms with Crippen molar-refractivity contribution in [3.05, 3.63) is 59.4 Å². The summed E-state index contributed by atoms with van der Waals surface area (Å²) in [7, 11) is 1.69. The van der Waals surface area contributed by atoms with Crippen LogP contribution in [0.15, 0.2) is 48.5 Å². The first-order valence-corrected chi connectivity index (χ1v) is 7.97. The first-order chi connectivity index (χ1) is 11.3. The van der Waals surface area contributed by atoms with Crippen molar-refractivity contribution in [2.45, 2.75) is 19.6 Å². The lowest BCUT2D eigenvalue weighted by Gasteiger charge is -2.10. The van der Waals surface area contributed by atoms with E-state index in [1.807, 2.05) is 42.5 Å². The van der Waals surface area contributed by atoms with Gasteiger partial charge in [-0.15, -0.1) is 0 Å². The van der Waals surface area contributed by atoms with Crippen LogP contribution in [-0.2, 0) is 17.9 Å². The van der Waals surface area contributed by atoms with Crippen molar-refractivity contribution < 1.29 is 9.47 Å². The van der Waals surface area contributed by atoms with E-state index in [1.54, 1.807) is 7.11 Å². The van der Waals surface area contributed by atoms with E-state index in [1.165, 1.54) is 0 Å². The van der Waals surface area contributed by atoms with Gasteiger partial charge in [-0.25, -0.2) is 4.98 Å². The molecule has 0 aliphatic carbocycles. The average Bonchev–Trinajstić information content (AvgIpc) is 2.91. The van der Waals surface area contributed by atoms with Crippen LogP contribution < -0.4 is 4.74 Å². The molecule has 0 radical (unpaired) electrons. The summed E-state index contributed by atoms with van der Waals surface area (Å²) in [5.74, 6) is 1.78. The Bertz CT molecular complexity index is 768. The van der Waals surface area contributed by atoms with Gasteiger partial charge in [-0.2, -0.15) is 0 Å². The molecule has 3 aromatic rings. The number of benzene rings is 2. The third kappa shape index (κ3) is 3.84. The van der Waals surface area contributed by atoms with E-state index in [9.17, 15) is 0 Å². The van der Waals surface area contributed by atoms with Gasteiger partial charge in [0.2, 0.25) is 0 Å². The Labute approximate surface area is 140 Å². The molecule has 0 saturated heterocycles. The normalized spacial score (nSPS) is 11.0. The lowest BCUT2D eigenvalue weighted by molar-refractivity contribution is 0.174. The highest BCUT2D eigenvalue weighted by Gasteiger charge is 2.09. The Morgan fingerprint density at radius 2 is 1.87 bits per heavy atom. The summed E-state index contributed by atoms with van der Waals surface area (Å²) in [6.45, 7) is 1.99. The zero-order valence-electron chi connectivity index (χ0n) is 13.0. The Morgan fingerprint density at radius 1 is 1.09 bits per heavy atom. The zero-order chi connectivity index (χ0) is 16.1. The summed E-state index contributed by atoms with van der Waals surface area (Å²) in [5.41, 5.74) is 2.13. The first-order valence-electron chi connectivity index (χ1n) is 7.59. The van der Waals surface area contributed by atoms with E-state index in [4.69, 9.17) is 21.1 Å². The Morgan fingerprint density at radius 3 is 2.65 bits per heavy atom. The lowest BCUT2D eigenvalue weighted by atomic mass is 10.3. The number of hydrogen-bond acceptors (Lipinski definition) is 3. The number of rotatable bonds is 7. The topological polar surface area (TPSA) is 36.3 Å². The standard InChI is InChI=1S/C18H19ClN2O2/c1-22-13-18-20-16-5-2-3-6-17(16)21(18)11-4-12-23-15-9-7-14(19)8-10-15/h2-3,5-10H,4,11-13H2,1H3. The predicted molar refractivity (Wildman–Crippen MR) is 92.0 cm³/mol. The Kier molecular flexibility index (Phi) is 5.16. The van der Waals surface area contributed by atoms with Crippen LogP contribution in [0.2, 0.25) is 5.02 Å². The Hall–Kier alpha value is -2.04. The number of fused-ring (bicyclic) bond motifs is 1. The van der Waals surface area contributed by atoms with Crippen molar-refractivity contribution in [2.24, 2.45) is 0 Å². The van der Waals surface area contributed by atoms with Crippen LogP contribution >= 0.6 is 11.6 Å². The smallest absolute Gasteiger partial charge is 0.135 e. The number of aromatic nitrogens is 2. The second-order valence-electron chi connectivity index (χ2n) is 5.26. The minimum absolute atomic E-state index is 0.507. The lowest BCUT2D eigenvalue weighted by Crippen LogP contribution is -2.08. The molecular formula is C18H19ClN2O2. The number of hydrogen-bond donors (Lipinski definition) is 0. The van der Waals surface area contributed by atoms with Gasteiger partial charge in [-0.1, -0.05) is 23.7 Å². The fraction of sp³-hybridized carbons (Fsp3) is 0.278. The maximum absolute atomic E-state index is 5.87. The summed E-state index contributed by atoms with van der Waals surface area (Å²) in [4.78, 5) is 4.63. The molecule has 2 aromatic carbocycles. The SMILES string of the molecule is COCc1nc2ccccc2n1CCCOc1ccc(Cl)cc1. The van der Waals surface area contributed by atoms with Gasteiger partial charge in [0.05, 0.1) is 17.6 Å². The van der Waals surface area contributed by atoms with Crippen LogP contribution in [0.4, 0.5) is 0 Å². The van der Waals surface area contributed by atoms with Crippen molar-refractivity contribution in [1.82, 2.24) is 9.55 Å². The maximum Gasteiger partial charge on any atom is 0.135 e. The van der Waals surface area contributed by atoms with Gasteiger partial charge in [-0.3, -0.25) is 0 Å². The van der Waals surface area contributed by atoms with Crippen molar-refractivity contribution in [3.63, 3.8) is 0 Å². The van der Waals surface area contributed by atoms with Crippen LogP contribution in [0.5, 0.6) is 5.75 Å². The molecule has 0 saturated carbocycles. The van der Waals surface area contributed by atoms with E-state index >= 15 is 0 Å². The number of ether oxygens (including phenoxy) is 2. The molecule has 0 amide bonds. The third-order valence-corrected chi connectivity index (χ3v) is 3.87. The first kappa shape index (κ1) is 15.8. The molecule has 3 rings (SSSR count). The van der Waals surface area contributed by atoms with Crippen molar-refractivity contribution in [1.29, 1.82) is 0 Å². The largest absolute Gasteiger partial charge is 0.494 e. The molecule has 0 atom stereocenters. The molecule has 0 spiro atoms. The molecule has 23 heavy (non-hydrogen) atoms. The number of para-hydroxylation sites is 2. The third-order valence-electron chi connectivity index (χ3n) is 3.62. The average molecular weight is 331 g/mol. The highest BCUT2D eigenvalue weighted by atomic mass is 35.5. The molecule has 0 bridgehead atoms. The summed E-state index contributed by atoms with van der Waals surface area (Å²) in [5, 5.41) is 0.714. The number of halogens is 1. The van der Waals surface area contributed by atoms with Crippen LogP contribution in [0, 0.1) is 0 Å². The van der Waals surface area contributed by atoms with Crippen LogP contribution in [0.3, 0.4) is 0 Å². The molecule has 0 unspecified atom stereocenters. The van der Waals surface area contributed by atoms with E-state index in [0.717, 1.165) is 35.6 Å². The molecule has 0 aliphatic heterocycles. The molecule has 1 heterocycles. The molecule has 120 valence electrons. The highest BCUT2D eigenvalue weighted by molar-refractivity contribution is 6.30. The summed E-state index contributed by atoms with van der Waals surface area (Å²) in [6, 6.07) is 15.6. The van der Waals surface area contributed by atoms with Crippen molar-refractivity contribution in [2.75, 3.05) is 13.7 Å². The van der Waals surface area contributed by atoms with Gasteiger partial charge in [0.1, 0.15) is 18.2 Å². The van der Waals surface area contributed by atoms with E-state index in [0.29, 0.717) is 18.2 Å². The minimum Gasteiger partial charge on any atom is -0.494 e. The number of aryl methyl sites for hydroxylation is 1. The van der Waals surface area contributed by atoms with Gasteiger partial charge >= 0.3 is 0 Å². The van der Waals surface area contributed by atoms with Gasteiger partial charge < -0.3 is 14.0 Å². The maximum atomic E-state index is 5.87. The number of imidazole rings is 1. The van der Waals surface area contributed by atoms with Crippen molar-refractivity contribution >= 4 is 22.6 Å².